The third-order valence-corrected chi connectivity index (χ3v) is 4.71. The first-order valence-corrected chi connectivity index (χ1v) is 7.94. The van der Waals surface area contributed by atoms with Gasteiger partial charge in [-0.05, 0) is 12.8 Å². The minimum Gasteiger partial charge on any atom is -0.384 e. The van der Waals surface area contributed by atoms with Crippen molar-refractivity contribution in [3.63, 3.8) is 0 Å². The maximum Gasteiger partial charge on any atom is 0.168 e. The molecule has 1 spiro atoms. The second kappa shape index (κ2) is 5.41. The maximum absolute atomic E-state index is 6.19. The van der Waals surface area contributed by atoms with Crippen molar-refractivity contribution in [2.24, 2.45) is 0 Å². The predicted octanol–water partition coefficient (Wildman–Crippen LogP) is 2.99. The smallest absolute Gasteiger partial charge is 0.168 e. The summed E-state index contributed by atoms with van der Waals surface area (Å²) in [6, 6.07) is 12.4. The normalized spacial score (nSPS) is 21.5. The number of aromatic nitrogens is 2. The molecule has 0 unspecified atom stereocenters. The third kappa shape index (κ3) is 2.40. The van der Waals surface area contributed by atoms with Gasteiger partial charge in [0.25, 0.3) is 0 Å². The van der Waals surface area contributed by atoms with Gasteiger partial charge in [0.1, 0.15) is 5.82 Å². The van der Waals surface area contributed by atoms with E-state index in [9.17, 15) is 0 Å². The first-order chi connectivity index (χ1) is 10.8. The summed E-state index contributed by atoms with van der Waals surface area (Å²) in [4.78, 5) is 0. The van der Waals surface area contributed by atoms with Crippen LogP contribution in [0, 0.1) is 0 Å². The summed E-state index contributed by atoms with van der Waals surface area (Å²) >= 11 is 0. The lowest BCUT2D eigenvalue weighted by Gasteiger charge is -2.35. The Labute approximate surface area is 130 Å². The number of ether oxygens (including phenoxy) is 2. The number of nitrogens with two attached hydrogens (primary N) is 1. The Morgan fingerprint density at radius 3 is 2.45 bits per heavy atom. The number of benzene rings is 1. The van der Waals surface area contributed by atoms with Gasteiger partial charge in [-0.15, -0.1) is 0 Å². The van der Waals surface area contributed by atoms with Crippen LogP contribution in [0.1, 0.15) is 31.7 Å². The molecule has 4 rings (SSSR count). The monoisotopic (exact) mass is 299 g/mol. The lowest BCUT2D eigenvalue weighted by Crippen LogP contribution is -2.36. The molecule has 1 saturated carbocycles. The van der Waals surface area contributed by atoms with Gasteiger partial charge in [-0.25, -0.2) is 4.68 Å². The number of hydrogen-bond acceptors (Lipinski definition) is 4. The summed E-state index contributed by atoms with van der Waals surface area (Å²) < 4.78 is 13.6. The molecule has 0 atom stereocenters. The van der Waals surface area contributed by atoms with Gasteiger partial charge in [-0.3, -0.25) is 0 Å². The van der Waals surface area contributed by atoms with Crippen molar-refractivity contribution >= 4 is 5.82 Å². The highest BCUT2D eigenvalue weighted by molar-refractivity contribution is 5.62. The second-order valence-corrected chi connectivity index (χ2v) is 6.10. The van der Waals surface area contributed by atoms with Crippen LogP contribution in [0.4, 0.5) is 5.82 Å². The molecule has 0 radical (unpaired) electrons. The summed E-state index contributed by atoms with van der Waals surface area (Å²) in [5, 5.41) is 4.73. The zero-order chi connectivity index (χ0) is 15.0. The molecule has 1 aliphatic carbocycles. The minimum absolute atomic E-state index is 0.330. The van der Waals surface area contributed by atoms with Crippen molar-refractivity contribution in [1.82, 2.24) is 9.78 Å². The molecule has 1 aliphatic heterocycles. The maximum atomic E-state index is 6.19. The van der Waals surface area contributed by atoms with E-state index in [1.165, 1.54) is 0 Å². The Morgan fingerprint density at radius 1 is 1.09 bits per heavy atom. The zero-order valence-corrected chi connectivity index (χ0v) is 12.6. The molecule has 2 aromatic rings. The van der Waals surface area contributed by atoms with E-state index in [1.54, 1.807) is 0 Å². The quantitative estimate of drug-likeness (QED) is 0.926. The number of anilines is 1. The molecule has 0 amide bonds. The summed E-state index contributed by atoms with van der Waals surface area (Å²) in [6.45, 7) is 1.43. The molecule has 116 valence electrons. The molecule has 2 N–H and O–H groups in total. The van der Waals surface area contributed by atoms with E-state index in [0.29, 0.717) is 19.3 Å². The first kappa shape index (κ1) is 13.8. The van der Waals surface area contributed by atoms with Crippen LogP contribution in [0.15, 0.2) is 36.4 Å². The van der Waals surface area contributed by atoms with Crippen LogP contribution in [-0.4, -0.2) is 28.8 Å². The predicted molar refractivity (Wildman–Crippen MR) is 84.2 cm³/mol. The van der Waals surface area contributed by atoms with Gasteiger partial charge in [-0.1, -0.05) is 30.3 Å². The summed E-state index contributed by atoms with van der Waals surface area (Å²) in [5.74, 6) is 0.397. The fourth-order valence-electron chi connectivity index (χ4n) is 3.52. The van der Waals surface area contributed by atoms with E-state index in [2.05, 4.69) is 12.1 Å². The van der Waals surface area contributed by atoms with Crippen molar-refractivity contribution in [2.75, 3.05) is 18.9 Å². The van der Waals surface area contributed by atoms with E-state index >= 15 is 0 Å². The van der Waals surface area contributed by atoms with Crippen LogP contribution in [0.3, 0.4) is 0 Å². The molecule has 1 saturated heterocycles. The zero-order valence-electron chi connectivity index (χ0n) is 12.6. The Kier molecular flexibility index (Phi) is 3.39. The lowest BCUT2D eigenvalue weighted by molar-refractivity contribution is -0.181. The molecule has 1 aromatic heterocycles. The molecular weight excluding hydrogens is 278 g/mol. The van der Waals surface area contributed by atoms with E-state index < -0.39 is 0 Å². The van der Waals surface area contributed by atoms with Gasteiger partial charge < -0.3 is 15.2 Å². The van der Waals surface area contributed by atoms with Crippen LogP contribution in [0.5, 0.6) is 0 Å². The van der Waals surface area contributed by atoms with Gasteiger partial charge in [0, 0.05) is 24.5 Å². The third-order valence-electron chi connectivity index (χ3n) is 4.71. The topological polar surface area (TPSA) is 62.3 Å². The molecule has 22 heavy (non-hydrogen) atoms. The van der Waals surface area contributed by atoms with Crippen molar-refractivity contribution in [3.05, 3.63) is 36.4 Å². The summed E-state index contributed by atoms with van der Waals surface area (Å²) in [7, 11) is 0. The van der Waals surface area contributed by atoms with E-state index in [0.717, 1.165) is 42.8 Å². The molecule has 2 heterocycles. The summed E-state index contributed by atoms with van der Waals surface area (Å²) in [5.41, 5.74) is 8.23. The van der Waals surface area contributed by atoms with Crippen molar-refractivity contribution in [3.8, 4) is 11.3 Å². The number of nitrogens with zero attached hydrogens (tertiary/aromatic N) is 2. The lowest BCUT2D eigenvalue weighted by atomic mass is 9.90. The van der Waals surface area contributed by atoms with Crippen LogP contribution in [0.2, 0.25) is 0 Å². The second-order valence-electron chi connectivity index (χ2n) is 6.10. The van der Waals surface area contributed by atoms with Gasteiger partial charge in [0.2, 0.25) is 0 Å². The standard InChI is InChI=1S/C17H21N3O2/c18-16-12-15(13-4-2-1-3-5-13)19-20(16)14-6-8-17(9-7-14)21-10-11-22-17/h1-5,12,14H,6-11,18H2. The minimum atomic E-state index is -0.333. The van der Waals surface area contributed by atoms with Crippen molar-refractivity contribution < 1.29 is 9.47 Å². The Balaban J connectivity index is 1.53. The largest absolute Gasteiger partial charge is 0.384 e. The Bertz CT molecular complexity index is 637. The van der Waals surface area contributed by atoms with E-state index in [4.69, 9.17) is 20.3 Å². The molecular formula is C17H21N3O2. The fourth-order valence-corrected chi connectivity index (χ4v) is 3.52. The van der Waals surface area contributed by atoms with Crippen LogP contribution in [0.25, 0.3) is 11.3 Å². The first-order valence-electron chi connectivity index (χ1n) is 7.94. The highest BCUT2D eigenvalue weighted by Crippen LogP contribution is 2.41. The highest BCUT2D eigenvalue weighted by Gasteiger charge is 2.41. The highest BCUT2D eigenvalue weighted by atomic mass is 16.7. The van der Waals surface area contributed by atoms with Crippen LogP contribution in [-0.2, 0) is 9.47 Å². The SMILES string of the molecule is Nc1cc(-c2ccccc2)nn1C1CCC2(CC1)OCCO2. The average molecular weight is 299 g/mol. The summed E-state index contributed by atoms with van der Waals surface area (Å²) in [6.07, 6.45) is 3.80. The average Bonchev–Trinajstić information content (AvgIpc) is 3.17. The van der Waals surface area contributed by atoms with Crippen molar-refractivity contribution in [1.29, 1.82) is 0 Å². The van der Waals surface area contributed by atoms with Gasteiger partial charge in [0.05, 0.1) is 24.9 Å². The van der Waals surface area contributed by atoms with E-state index in [1.807, 2.05) is 28.9 Å². The fraction of sp³-hybridized carbons (Fsp3) is 0.471. The van der Waals surface area contributed by atoms with Crippen LogP contribution < -0.4 is 5.73 Å². The molecule has 5 heteroatoms. The molecule has 5 nitrogen and oxygen atoms in total. The van der Waals surface area contributed by atoms with Gasteiger partial charge in [0.15, 0.2) is 5.79 Å². The number of nitrogen functional groups attached to an aromatic ring is 1. The number of rotatable bonds is 2. The molecule has 2 aliphatic rings. The molecule has 2 fully saturated rings. The number of hydrogen-bond donors (Lipinski definition) is 1. The molecule has 1 aromatic carbocycles. The van der Waals surface area contributed by atoms with Crippen molar-refractivity contribution in [2.45, 2.75) is 37.5 Å². The van der Waals surface area contributed by atoms with Gasteiger partial charge >= 0.3 is 0 Å². The van der Waals surface area contributed by atoms with Crippen LogP contribution >= 0.6 is 0 Å². The van der Waals surface area contributed by atoms with Gasteiger partial charge in [-0.2, -0.15) is 5.10 Å². The van der Waals surface area contributed by atoms with E-state index in [-0.39, 0.29) is 5.79 Å². The Morgan fingerprint density at radius 2 is 1.77 bits per heavy atom. The Hall–Kier alpha value is -1.85. The molecule has 0 bridgehead atoms.